The van der Waals surface area contributed by atoms with E-state index in [1.807, 2.05) is 0 Å². The van der Waals surface area contributed by atoms with Gasteiger partial charge in [-0.2, -0.15) is 0 Å². The maximum atomic E-state index is 4.47. The van der Waals surface area contributed by atoms with Gasteiger partial charge in [-0.3, -0.25) is 0 Å². The molecule has 0 aromatic heterocycles. The lowest BCUT2D eigenvalue weighted by Gasteiger charge is -2.32. The first-order valence-electron chi connectivity index (χ1n) is 13.5. The molecule has 0 bridgehead atoms. The molecule has 0 unspecified atom stereocenters. The van der Waals surface area contributed by atoms with Crippen LogP contribution in [0.1, 0.15) is 44.5 Å². The first kappa shape index (κ1) is 25.3. The number of hydrogen-bond donors (Lipinski definition) is 0. The molecule has 0 amide bonds. The van der Waals surface area contributed by atoms with Gasteiger partial charge in [-0.1, -0.05) is 166 Å². The van der Waals surface area contributed by atoms with Gasteiger partial charge in [0.15, 0.2) is 0 Å². The highest BCUT2D eigenvalue weighted by Gasteiger charge is 2.48. The van der Waals surface area contributed by atoms with Gasteiger partial charge in [-0.05, 0) is 70.9 Å². The summed E-state index contributed by atoms with van der Waals surface area (Å²) in [7, 11) is 0. The number of rotatable bonds is 5. The molecule has 0 aliphatic heterocycles. The quantitative estimate of drug-likeness (QED) is 0.185. The molecule has 1 heteroatoms. The van der Waals surface area contributed by atoms with Crippen molar-refractivity contribution < 1.29 is 0 Å². The van der Waals surface area contributed by atoms with Gasteiger partial charge in [0, 0.05) is 0 Å². The predicted molar refractivity (Wildman–Crippen MR) is 171 cm³/mol. The van der Waals surface area contributed by atoms with Crippen LogP contribution in [-0.4, -0.2) is 0 Å². The largest absolute Gasteiger partial charge is 0.103 e. The lowest BCUT2D eigenvalue weighted by molar-refractivity contribution is 1.07. The van der Waals surface area contributed by atoms with Gasteiger partial charge in [0.2, 0.25) is 0 Å². The molecule has 190 valence electrons. The van der Waals surface area contributed by atoms with E-state index in [1.54, 1.807) is 0 Å². The van der Waals surface area contributed by atoms with Crippen molar-refractivity contribution in [2.75, 3.05) is 0 Å². The normalized spacial score (nSPS) is 14.7. The van der Waals surface area contributed by atoms with E-state index in [9.17, 15) is 0 Å². The highest BCUT2D eigenvalue weighted by Crippen LogP contribution is 2.65. The van der Waals surface area contributed by atoms with Gasteiger partial charge < -0.3 is 0 Å². The Morgan fingerprint density at radius 2 is 0.718 bits per heavy atom. The molecule has 0 saturated heterocycles. The Balaban J connectivity index is 1.82. The van der Waals surface area contributed by atoms with Crippen molar-refractivity contribution in [1.29, 1.82) is 0 Å². The molecule has 0 heterocycles. The highest BCUT2D eigenvalue weighted by atomic mass is 79.9. The topological polar surface area (TPSA) is 0 Å². The van der Waals surface area contributed by atoms with Crippen molar-refractivity contribution in [3.8, 4) is 0 Å². The van der Waals surface area contributed by atoms with Crippen LogP contribution >= 0.6 is 15.9 Å². The van der Waals surface area contributed by atoms with Crippen LogP contribution in [0.15, 0.2) is 133 Å². The molecule has 1 aliphatic rings. The first-order valence-corrected chi connectivity index (χ1v) is 14.3. The number of hydrogen-bond acceptors (Lipinski definition) is 0. The molecule has 6 rings (SSSR count). The van der Waals surface area contributed by atoms with Gasteiger partial charge in [-0.15, -0.1) is 0 Å². The Labute approximate surface area is 240 Å². The van der Waals surface area contributed by atoms with Gasteiger partial charge >= 0.3 is 0 Å². The molecular weight excluding hydrogens is 536 g/mol. The summed E-state index contributed by atoms with van der Waals surface area (Å²) in [5, 5.41) is 0. The third-order valence-corrected chi connectivity index (χ3v) is 8.94. The van der Waals surface area contributed by atoms with E-state index in [4.69, 9.17) is 0 Å². The van der Waals surface area contributed by atoms with Crippen LogP contribution in [0.3, 0.4) is 0 Å². The smallest absolute Gasteiger partial charge is 0.0695 e. The second-order valence-electron chi connectivity index (χ2n) is 10.5. The van der Waals surface area contributed by atoms with Gasteiger partial charge in [0.1, 0.15) is 4.32 Å². The number of allylic oxidation sites excluding steroid dienone is 4. The second kappa shape index (κ2) is 10.3. The first-order chi connectivity index (χ1) is 19.0. The van der Waals surface area contributed by atoms with E-state index in [0.29, 0.717) is 0 Å². The monoisotopic (exact) mass is 566 g/mol. The molecular formula is C38H31Br. The van der Waals surface area contributed by atoms with Crippen LogP contribution in [0.5, 0.6) is 0 Å². The minimum Gasteiger partial charge on any atom is -0.0695 e. The fourth-order valence-electron chi connectivity index (χ4n) is 5.71. The maximum absolute atomic E-state index is 4.47. The number of alkyl halides is 1. The van der Waals surface area contributed by atoms with Crippen molar-refractivity contribution in [3.05, 3.63) is 178 Å². The number of aryl methyl sites for hydroxylation is 3. The summed E-state index contributed by atoms with van der Waals surface area (Å²) in [4.78, 5) is 0. The fraction of sp³-hybridized carbons (Fsp3) is 0.105. The standard InChI is InChI=1S/C38H31Br/c1-26-14-20-29(21-15-26)34-35(30-22-16-27(2)17-23-30)37(32-12-8-5-9-13-32)38(39,33-24-18-28(3)19-25-33)36(34)31-10-6-4-7-11-31/h4-25H,1-3H3. The molecule has 0 radical (unpaired) electrons. The number of halogens is 1. The molecule has 39 heavy (non-hydrogen) atoms. The average molecular weight is 568 g/mol. The highest BCUT2D eigenvalue weighted by molar-refractivity contribution is 9.10. The molecule has 0 spiro atoms. The van der Waals surface area contributed by atoms with E-state index in [1.165, 1.54) is 66.8 Å². The van der Waals surface area contributed by atoms with Crippen molar-refractivity contribution in [3.63, 3.8) is 0 Å². The minimum absolute atomic E-state index is 0.566. The van der Waals surface area contributed by atoms with Gasteiger partial charge in [0.25, 0.3) is 0 Å². The Hall–Kier alpha value is -3.94. The lowest BCUT2D eigenvalue weighted by Crippen LogP contribution is -2.20. The summed E-state index contributed by atoms with van der Waals surface area (Å²) >= 11 is 4.47. The molecule has 0 saturated carbocycles. The summed E-state index contributed by atoms with van der Waals surface area (Å²) in [6.07, 6.45) is 0. The summed E-state index contributed by atoms with van der Waals surface area (Å²) in [6.45, 7) is 6.45. The maximum Gasteiger partial charge on any atom is 0.103 e. The summed E-state index contributed by atoms with van der Waals surface area (Å²) in [5.74, 6) is 0. The van der Waals surface area contributed by atoms with Gasteiger partial charge in [0.05, 0.1) is 0 Å². The zero-order valence-corrected chi connectivity index (χ0v) is 24.2. The fourth-order valence-corrected chi connectivity index (χ4v) is 6.82. The van der Waals surface area contributed by atoms with Crippen LogP contribution < -0.4 is 0 Å². The molecule has 5 aromatic carbocycles. The van der Waals surface area contributed by atoms with Gasteiger partial charge in [-0.25, -0.2) is 0 Å². The van der Waals surface area contributed by atoms with E-state index in [2.05, 4.69) is 170 Å². The Bertz CT molecular complexity index is 1560. The average Bonchev–Trinajstić information content (AvgIpc) is 3.25. The Kier molecular flexibility index (Phi) is 6.71. The van der Waals surface area contributed by atoms with E-state index >= 15 is 0 Å². The summed E-state index contributed by atoms with van der Waals surface area (Å²) < 4.78 is -0.566. The van der Waals surface area contributed by atoms with E-state index < -0.39 is 4.32 Å². The zero-order chi connectivity index (χ0) is 27.0. The van der Waals surface area contributed by atoms with Crippen LogP contribution in [0.25, 0.3) is 22.3 Å². The van der Waals surface area contributed by atoms with Crippen LogP contribution in [0.2, 0.25) is 0 Å². The predicted octanol–water partition coefficient (Wildman–Crippen LogP) is 10.4. The van der Waals surface area contributed by atoms with Crippen molar-refractivity contribution in [2.24, 2.45) is 0 Å². The number of benzene rings is 5. The lowest BCUT2D eigenvalue weighted by atomic mass is 9.80. The van der Waals surface area contributed by atoms with Crippen LogP contribution in [0, 0.1) is 20.8 Å². The third-order valence-electron chi connectivity index (χ3n) is 7.69. The van der Waals surface area contributed by atoms with E-state index in [-0.39, 0.29) is 0 Å². The van der Waals surface area contributed by atoms with Crippen molar-refractivity contribution in [1.82, 2.24) is 0 Å². The zero-order valence-electron chi connectivity index (χ0n) is 22.6. The second-order valence-corrected chi connectivity index (χ2v) is 11.7. The Morgan fingerprint density at radius 1 is 0.385 bits per heavy atom. The molecule has 0 nitrogen and oxygen atoms in total. The molecule has 0 atom stereocenters. The molecule has 0 N–H and O–H groups in total. The molecule has 5 aromatic rings. The van der Waals surface area contributed by atoms with Crippen molar-refractivity contribution in [2.45, 2.75) is 25.1 Å². The SMILES string of the molecule is Cc1ccc(C2=C(c3ccccc3)C(Br)(c3ccc(C)cc3)C(c3ccccc3)=C2c2ccc(C)cc2)cc1. The minimum atomic E-state index is -0.566. The Morgan fingerprint density at radius 3 is 1.08 bits per heavy atom. The summed E-state index contributed by atoms with van der Waals surface area (Å²) in [6, 6.07) is 48.7. The van der Waals surface area contributed by atoms with Crippen molar-refractivity contribution >= 4 is 38.2 Å². The molecule has 0 fully saturated rings. The third kappa shape index (κ3) is 4.51. The van der Waals surface area contributed by atoms with E-state index in [0.717, 1.165) is 0 Å². The molecule has 1 aliphatic carbocycles. The summed E-state index contributed by atoms with van der Waals surface area (Å²) in [5.41, 5.74) is 14.9. The van der Waals surface area contributed by atoms with Crippen LogP contribution in [0.4, 0.5) is 0 Å². The van der Waals surface area contributed by atoms with Crippen LogP contribution in [-0.2, 0) is 4.32 Å².